The molecular formula is C29H34FN5O4. The summed E-state index contributed by atoms with van der Waals surface area (Å²) in [4.78, 5) is 30.2. The number of aryl methyl sites for hydroxylation is 1. The third-order valence-electron chi connectivity index (χ3n) is 8.63. The molecule has 39 heavy (non-hydrogen) atoms. The lowest BCUT2D eigenvalue weighted by Crippen LogP contribution is -2.69. The van der Waals surface area contributed by atoms with Crippen molar-refractivity contribution >= 4 is 28.7 Å². The number of methoxy groups -OCH3 is 1. The van der Waals surface area contributed by atoms with E-state index in [1.165, 1.54) is 24.3 Å². The number of nitrogens with one attached hydrogen (secondary N) is 2. The molecule has 3 N–H and O–H groups in total. The van der Waals surface area contributed by atoms with E-state index >= 15 is 0 Å². The predicted molar refractivity (Wildman–Crippen MR) is 145 cm³/mol. The van der Waals surface area contributed by atoms with Crippen molar-refractivity contribution in [2.45, 2.75) is 43.2 Å². The van der Waals surface area contributed by atoms with Crippen molar-refractivity contribution in [2.24, 2.45) is 7.05 Å². The van der Waals surface area contributed by atoms with Gasteiger partial charge in [-0.1, -0.05) is 12.8 Å². The zero-order valence-corrected chi connectivity index (χ0v) is 22.2. The van der Waals surface area contributed by atoms with Crippen LogP contribution in [0.15, 0.2) is 42.5 Å². The lowest BCUT2D eigenvalue weighted by atomic mass is 9.69. The van der Waals surface area contributed by atoms with Gasteiger partial charge in [0.05, 0.1) is 30.7 Å². The molecule has 0 bridgehead atoms. The standard InChI is InChI=1S/C29H34FN5O4/c1-33-23-13-21(39-2)11-12-22(23)25-26(33)24(14-36)35(28(38)32-20-9-7-18(30)8-10-20)17-29(25)15-34(16-29)27(37)31-19-5-3-4-6-19/h7-13,19,24,36H,3-6,14-17H2,1-2H3,(H,31,37)(H,32,38)/t24-/m1/s1. The molecule has 0 unspecified atom stereocenters. The van der Waals surface area contributed by atoms with Crippen molar-refractivity contribution in [2.75, 3.05) is 38.7 Å². The Morgan fingerprint density at radius 1 is 1.08 bits per heavy atom. The molecule has 3 heterocycles. The summed E-state index contributed by atoms with van der Waals surface area (Å²) in [5.41, 5.74) is 2.81. The molecule has 1 aromatic heterocycles. The van der Waals surface area contributed by atoms with Crippen LogP contribution in [0.1, 0.15) is 43.0 Å². The van der Waals surface area contributed by atoms with Crippen molar-refractivity contribution in [3.8, 4) is 5.75 Å². The number of fused-ring (bicyclic) bond motifs is 4. The maximum absolute atomic E-state index is 13.6. The summed E-state index contributed by atoms with van der Waals surface area (Å²) < 4.78 is 20.9. The number of anilines is 1. The molecule has 1 saturated heterocycles. The smallest absolute Gasteiger partial charge is 0.322 e. The Balaban J connectivity index is 1.37. The van der Waals surface area contributed by atoms with Gasteiger partial charge in [-0.05, 0) is 54.8 Å². The minimum Gasteiger partial charge on any atom is -0.497 e. The second-order valence-electron chi connectivity index (χ2n) is 11.0. The number of carbonyl (C=O) groups excluding carboxylic acids is 2. The average molecular weight is 536 g/mol. The summed E-state index contributed by atoms with van der Waals surface area (Å²) in [5.74, 6) is 0.325. The first kappa shape index (κ1) is 25.5. The number of nitrogens with zero attached hydrogens (tertiary/aromatic N) is 3. The second-order valence-corrected chi connectivity index (χ2v) is 11.0. The number of hydrogen-bond donors (Lipinski definition) is 3. The first-order chi connectivity index (χ1) is 18.8. The van der Waals surface area contributed by atoms with E-state index in [9.17, 15) is 19.1 Å². The van der Waals surface area contributed by atoms with E-state index in [1.807, 2.05) is 34.7 Å². The first-order valence-corrected chi connectivity index (χ1v) is 13.5. The number of rotatable bonds is 4. The van der Waals surface area contributed by atoms with E-state index in [-0.39, 0.29) is 30.5 Å². The molecule has 1 saturated carbocycles. The van der Waals surface area contributed by atoms with Gasteiger partial charge in [-0.3, -0.25) is 0 Å². The van der Waals surface area contributed by atoms with E-state index < -0.39 is 11.5 Å². The molecule has 1 aliphatic carbocycles. The highest BCUT2D eigenvalue weighted by molar-refractivity contribution is 5.93. The van der Waals surface area contributed by atoms with Crippen molar-refractivity contribution in [1.29, 1.82) is 0 Å². The third kappa shape index (κ3) is 4.27. The molecule has 10 heteroatoms. The van der Waals surface area contributed by atoms with Gasteiger partial charge in [0, 0.05) is 55.6 Å². The van der Waals surface area contributed by atoms with Crippen LogP contribution < -0.4 is 15.4 Å². The van der Waals surface area contributed by atoms with Gasteiger partial charge in [-0.15, -0.1) is 0 Å². The topological polar surface area (TPSA) is 99.1 Å². The Hall–Kier alpha value is -3.79. The molecule has 2 aromatic carbocycles. The summed E-state index contributed by atoms with van der Waals surface area (Å²) >= 11 is 0. The molecule has 3 aromatic rings. The Morgan fingerprint density at radius 3 is 2.46 bits per heavy atom. The number of likely N-dealkylation sites (tertiary alicyclic amines) is 1. The van der Waals surface area contributed by atoms with Gasteiger partial charge in [-0.2, -0.15) is 0 Å². The molecule has 9 nitrogen and oxygen atoms in total. The Bertz CT molecular complexity index is 1410. The van der Waals surface area contributed by atoms with Crippen molar-refractivity contribution in [3.63, 3.8) is 0 Å². The predicted octanol–water partition coefficient (Wildman–Crippen LogP) is 4.11. The molecule has 206 valence electrons. The monoisotopic (exact) mass is 535 g/mol. The van der Waals surface area contributed by atoms with Crippen molar-refractivity contribution in [1.82, 2.24) is 19.7 Å². The lowest BCUT2D eigenvalue weighted by Gasteiger charge is -2.56. The van der Waals surface area contributed by atoms with Crippen LogP contribution in [-0.4, -0.2) is 70.9 Å². The number of hydrogen-bond acceptors (Lipinski definition) is 4. The van der Waals surface area contributed by atoms with Crippen LogP contribution in [0.4, 0.5) is 19.7 Å². The van der Waals surface area contributed by atoms with Crippen LogP contribution in [0.2, 0.25) is 0 Å². The van der Waals surface area contributed by atoms with Crippen LogP contribution in [0.5, 0.6) is 5.75 Å². The number of carbonyl (C=O) groups is 2. The van der Waals surface area contributed by atoms with Crippen molar-refractivity contribution < 1.29 is 23.8 Å². The fraction of sp³-hybridized carbons (Fsp3) is 0.448. The summed E-state index contributed by atoms with van der Waals surface area (Å²) in [5, 5.41) is 17.7. The normalized spacial score (nSPS) is 20.2. The number of aliphatic hydroxyl groups is 1. The van der Waals surface area contributed by atoms with Gasteiger partial charge in [-0.25, -0.2) is 14.0 Å². The van der Waals surface area contributed by atoms with E-state index in [1.54, 1.807) is 12.0 Å². The molecule has 4 amide bonds. The van der Waals surface area contributed by atoms with Gasteiger partial charge >= 0.3 is 12.1 Å². The fourth-order valence-electron chi connectivity index (χ4n) is 6.72. The SMILES string of the molecule is COc1ccc2c3c(n(C)c2c1)[C@@H](CO)N(C(=O)Nc1ccc(F)cc1)CC31CN(C(=O)NC2CCCC2)C1. The molecule has 0 radical (unpaired) electrons. The number of aliphatic hydroxyl groups excluding tert-OH is 1. The number of amides is 4. The lowest BCUT2D eigenvalue weighted by molar-refractivity contribution is 0.0321. The number of ether oxygens (including phenoxy) is 1. The molecule has 1 atom stereocenters. The van der Waals surface area contributed by atoms with Gasteiger partial charge in [0.25, 0.3) is 0 Å². The maximum atomic E-state index is 13.6. The maximum Gasteiger partial charge on any atom is 0.322 e. The van der Waals surface area contributed by atoms with E-state index in [4.69, 9.17) is 4.74 Å². The molecule has 2 aliphatic heterocycles. The number of aromatic nitrogens is 1. The molecule has 1 spiro atoms. The molecule has 3 aliphatic rings. The first-order valence-electron chi connectivity index (χ1n) is 13.5. The second kappa shape index (κ2) is 9.75. The molecule has 6 rings (SSSR count). The largest absolute Gasteiger partial charge is 0.497 e. The molecule has 2 fully saturated rings. The van der Waals surface area contributed by atoms with Crippen LogP contribution in [-0.2, 0) is 12.5 Å². The zero-order chi connectivity index (χ0) is 27.3. The van der Waals surface area contributed by atoms with Crippen molar-refractivity contribution in [3.05, 3.63) is 59.5 Å². The van der Waals surface area contributed by atoms with E-state index in [0.29, 0.717) is 31.1 Å². The number of halogens is 1. The Kier molecular flexibility index (Phi) is 6.37. The van der Waals surface area contributed by atoms with Crippen LogP contribution in [0, 0.1) is 5.82 Å². The van der Waals surface area contributed by atoms with Crippen LogP contribution in [0.25, 0.3) is 10.9 Å². The highest BCUT2D eigenvalue weighted by Gasteiger charge is 2.55. The zero-order valence-electron chi connectivity index (χ0n) is 22.2. The van der Waals surface area contributed by atoms with Gasteiger partial charge in [0.1, 0.15) is 11.6 Å². The average Bonchev–Trinajstić information content (AvgIpc) is 3.53. The summed E-state index contributed by atoms with van der Waals surface area (Å²) in [6, 6.07) is 10.7. The Labute approximate surface area is 226 Å². The van der Waals surface area contributed by atoms with Gasteiger partial charge in [0.2, 0.25) is 0 Å². The highest BCUT2D eigenvalue weighted by atomic mass is 19.1. The van der Waals surface area contributed by atoms with E-state index in [2.05, 4.69) is 10.6 Å². The minimum absolute atomic E-state index is 0.0671. The highest BCUT2D eigenvalue weighted by Crippen LogP contribution is 2.49. The number of urea groups is 2. The Morgan fingerprint density at radius 2 is 1.79 bits per heavy atom. The van der Waals surface area contributed by atoms with Gasteiger partial charge < -0.3 is 34.8 Å². The summed E-state index contributed by atoms with van der Waals surface area (Å²) in [6.07, 6.45) is 4.29. The fourth-order valence-corrected chi connectivity index (χ4v) is 6.72. The minimum atomic E-state index is -0.601. The molecular weight excluding hydrogens is 501 g/mol. The third-order valence-corrected chi connectivity index (χ3v) is 8.63. The van der Waals surface area contributed by atoms with Gasteiger partial charge in [0.15, 0.2) is 0 Å². The number of benzene rings is 2. The van der Waals surface area contributed by atoms with E-state index in [0.717, 1.165) is 47.8 Å². The van der Waals surface area contributed by atoms with Crippen LogP contribution >= 0.6 is 0 Å². The van der Waals surface area contributed by atoms with Crippen LogP contribution in [0.3, 0.4) is 0 Å². The summed E-state index contributed by atoms with van der Waals surface area (Å²) in [6.45, 7) is 0.980. The summed E-state index contributed by atoms with van der Waals surface area (Å²) in [7, 11) is 3.55. The quantitative estimate of drug-likeness (QED) is 0.468.